The Bertz CT molecular complexity index is 684. The van der Waals surface area contributed by atoms with Crippen molar-refractivity contribution in [2.75, 3.05) is 40.4 Å². The first-order valence-electron chi connectivity index (χ1n) is 8.31. The molecular formula is C19H25N3O2. The van der Waals surface area contributed by atoms with Gasteiger partial charge in [-0.25, -0.2) is 0 Å². The molecule has 1 unspecified atom stereocenters. The van der Waals surface area contributed by atoms with Crippen molar-refractivity contribution in [3.63, 3.8) is 0 Å². The van der Waals surface area contributed by atoms with Gasteiger partial charge in [-0.05, 0) is 36.2 Å². The Labute approximate surface area is 143 Å². The monoisotopic (exact) mass is 327 g/mol. The van der Waals surface area contributed by atoms with Crippen LogP contribution in [0.3, 0.4) is 0 Å². The summed E-state index contributed by atoms with van der Waals surface area (Å²) >= 11 is 0. The summed E-state index contributed by atoms with van der Waals surface area (Å²) in [4.78, 5) is 6.76. The van der Waals surface area contributed by atoms with Crippen LogP contribution in [0.15, 0.2) is 36.7 Å². The van der Waals surface area contributed by atoms with E-state index in [2.05, 4.69) is 34.3 Å². The smallest absolute Gasteiger partial charge is 0.127 e. The molecule has 0 saturated carbocycles. The van der Waals surface area contributed by atoms with Crippen molar-refractivity contribution in [3.8, 4) is 11.5 Å². The topological polar surface area (TPSA) is 46.6 Å². The molecule has 0 radical (unpaired) electrons. The van der Waals surface area contributed by atoms with Gasteiger partial charge >= 0.3 is 0 Å². The largest absolute Gasteiger partial charge is 0.497 e. The van der Waals surface area contributed by atoms with E-state index in [1.54, 1.807) is 14.2 Å². The number of benzene rings is 1. The van der Waals surface area contributed by atoms with Crippen LogP contribution in [0, 0.1) is 6.92 Å². The minimum Gasteiger partial charge on any atom is -0.497 e. The number of hydrogen-bond acceptors (Lipinski definition) is 5. The summed E-state index contributed by atoms with van der Waals surface area (Å²) in [5.41, 5.74) is 3.63. The molecule has 0 bridgehead atoms. The van der Waals surface area contributed by atoms with Gasteiger partial charge < -0.3 is 14.8 Å². The van der Waals surface area contributed by atoms with E-state index in [1.807, 2.05) is 24.5 Å². The standard InChI is InChI=1S/C19H25N3O2/c1-14-13-21-7-6-16(14)19(22-10-8-20-9-11-22)17-5-4-15(23-2)12-18(17)24-3/h4-7,12-13,19-20H,8-11H2,1-3H3. The molecule has 1 atom stereocenters. The molecule has 1 saturated heterocycles. The van der Waals surface area contributed by atoms with Crippen LogP contribution in [0.4, 0.5) is 0 Å². The highest BCUT2D eigenvalue weighted by atomic mass is 16.5. The normalized spacial score (nSPS) is 16.6. The molecule has 5 nitrogen and oxygen atoms in total. The lowest BCUT2D eigenvalue weighted by molar-refractivity contribution is 0.195. The number of pyridine rings is 1. The Morgan fingerprint density at radius 3 is 2.54 bits per heavy atom. The minimum atomic E-state index is 0.149. The highest BCUT2D eigenvalue weighted by molar-refractivity contribution is 5.47. The van der Waals surface area contributed by atoms with Crippen molar-refractivity contribution < 1.29 is 9.47 Å². The number of nitrogens with zero attached hydrogens (tertiary/aromatic N) is 2. The molecule has 1 aromatic heterocycles. The predicted molar refractivity (Wildman–Crippen MR) is 94.8 cm³/mol. The highest BCUT2D eigenvalue weighted by Gasteiger charge is 2.27. The molecule has 0 amide bonds. The van der Waals surface area contributed by atoms with E-state index in [0.29, 0.717) is 0 Å². The Morgan fingerprint density at radius 2 is 1.88 bits per heavy atom. The average molecular weight is 327 g/mol. The van der Waals surface area contributed by atoms with Gasteiger partial charge in [0, 0.05) is 50.2 Å². The molecule has 3 rings (SSSR count). The van der Waals surface area contributed by atoms with E-state index in [4.69, 9.17) is 9.47 Å². The maximum Gasteiger partial charge on any atom is 0.127 e. The lowest BCUT2D eigenvalue weighted by Gasteiger charge is -2.36. The van der Waals surface area contributed by atoms with Crippen molar-refractivity contribution in [1.29, 1.82) is 0 Å². The summed E-state index contributed by atoms with van der Waals surface area (Å²) in [6.07, 6.45) is 3.80. The molecular weight excluding hydrogens is 302 g/mol. The third-order valence-electron chi connectivity index (χ3n) is 4.61. The van der Waals surface area contributed by atoms with Gasteiger partial charge in [0.05, 0.1) is 20.3 Å². The summed E-state index contributed by atoms with van der Waals surface area (Å²) in [5.74, 6) is 1.66. The fraction of sp³-hybridized carbons (Fsp3) is 0.421. The van der Waals surface area contributed by atoms with Gasteiger partial charge in [-0.2, -0.15) is 0 Å². The van der Waals surface area contributed by atoms with Crippen molar-refractivity contribution in [3.05, 3.63) is 53.3 Å². The van der Waals surface area contributed by atoms with E-state index in [9.17, 15) is 0 Å². The van der Waals surface area contributed by atoms with E-state index in [1.165, 1.54) is 11.1 Å². The zero-order valence-corrected chi connectivity index (χ0v) is 14.6. The minimum absolute atomic E-state index is 0.149. The van der Waals surface area contributed by atoms with Crippen LogP contribution in [0.2, 0.25) is 0 Å². The van der Waals surface area contributed by atoms with Crippen LogP contribution in [0.5, 0.6) is 11.5 Å². The van der Waals surface area contributed by atoms with Crippen molar-refractivity contribution in [2.24, 2.45) is 0 Å². The number of ether oxygens (including phenoxy) is 2. The third-order valence-corrected chi connectivity index (χ3v) is 4.61. The number of rotatable bonds is 5. The van der Waals surface area contributed by atoms with Crippen molar-refractivity contribution >= 4 is 0 Å². The van der Waals surface area contributed by atoms with Gasteiger partial charge in [0.2, 0.25) is 0 Å². The first-order chi connectivity index (χ1) is 11.7. The maximum atomic E-state index is 5.68. The Hall–Kier alpha value is -2.11. The van der Waals surface area contributed by atoms with Gasteiger partial charge in [-0.3, -0.25) is 9.88 Å². The maximum absolute atomic E-state index is 5.68. The second-order valence-corrected chi connectivity index (χ2v) is 6.03. The van der Waals surface area contributed by atoms with Gasteiger partial charge in [-0.15, -0.1) is 0 Å². The van der Waals surface area contributed by atoms with Crippen LogP contribution in [-0.4, -0.2) is 50.3 Å². The summed E-state index contributed by atoms with van der Waals surface area (Å²) in [7, 11) is 3.39. The quantitative estimate of drug-likeness (QED) is 0.914. The van der Waals surface area contributed by atoms with Crippen molar-refractivity contribution in [1.82, 2.24) is 15.2 Å². The number of hydrogen-bond donors (Lipinski definition) is 1. The lowest BCUT2D eigenvalue weighted by Crippen LogP contribution is -2.45. The van der Waals surface area contributed by atoms with Gasteiger partial charge in [0.1, 0.15) is 11.5 Å². The zero-order chi connectivity index (χ0) is 16.9. The van der Waals surface area contributed by atoms with Crippen LogP contribution in [0.1, 0.15) is 22.7 Å². The van der Waals surface area contributed by atoms with E-state index in [-0.39, 0.29) is 6.04 Å². The van der Waals surface area contributed by atoms with Crippen LogP contribution in [-0.2, 0) is 0 Å². The SMILES string of the molecule is COc1ccc(C(c2ccncc2C)N2CCNCC2)c(OC)c1. The molecule has 128 valence electrons. The van der Waals surface area contributed by atoms with Crippen LogP contribution >= 0.6 is 0 Å². The third kappa shape index (κ3) is 3.37. The molecule has 5 heteroatoms. The fourth-order valence-corrected chi connectivity index (χ4v) is 3.34. The molecule has 1 aromatic carbocycles. The Kier molecular flexibility index (Phi) is 5.33. The number of nitrogens with one attached hydrogen (secondary N) is 1. The number of piperazine rings is 1. The molecule has 2 heterocycles. The lowest BCUT2D eigenvalue weighted by atomic mass is 9.93. The molecule has 2 aromatic rings. The second kappa shape index (κ2) is 7.64. The molecule has 1 N–H and O–H groups in total. The Balaban J connectivity index is 2.09. The zero-order valence-electron chi connectivity index (χ0n) is 14.6. The molecule has 0 spiro atoms. The number of aromatic nitrogens is 1. The number of aryl methyl sites for hydroxylation is 1. The summed E-state index contributed by atoms with van der Waals surface area (Å²) in [6.45, 7) is 6.12. The van der Waals surface area contributed by atoms with E-state index in [0.717, 1.165) is 43.2 Å². The van der Waals surface area contributed by atoms with Gasteiger partial charge in [-0.1, -0.05) is 0 Å². The molecule has 24 heavy (non-hydrogen) atoms. The molecule has 1 fully saturated rings. The Morgan fingerprint density at radius 1 is 1.08 bits per heavy atom. The predicted octanol–water partition coefficient (Wildman–Crippen LogP) is 2.40. The summed E-state index contributed by atoms with van der Waals surface area (Å²) in [6, 6.07) is 8.34. The number of methoxy groups -OCH3 is 2. The van der Waals surface area contributed by atoms with Crippen LogP contribution < -0.4 is 14.8 Å². The first-order valence-corrected chi connectivity index (χ1v) is 8.31. The molecule has 0 aliphatic carbocycles. The van der Waals surface area contributed by atoms with Gasteiger partial charge in [0.25, 0.3) is 0 Å². The molecule has 1 aliphatic heterocycles. The summed E-state index contributed by atoms with van der Waals surface area (Å²) < 4.78 is 11.0. The van der Waals surface area contributed by atoms with Crippen LogP contribution in [0.25, 0.3) is 0 Å². The highest BCUT2D eigenvalue weighted by Crippen LogP contribution is 2.37. The van der Waals surface area contributed by atoms with E-state index >= 15 is 0 Å². The van der Waals surface area contributed by atoms with Crippen molar-refractivity contribution in [2.45, 2.75) is 13.0 Å². The molecule has 1 aliphatic rings. The average Bonchev–Trinajstić information content (AvgIpc) is 2.64. The second-order valence-electron chi connectivity index (χ2n) is 6.03. The summed E-state index contributed by atoms with van der Waals surface area (Å²) in [5, 5.41) is 3.43. The fourth-order valence-electron chi connectivity index (χ4n) is 3.34. The van der Waals surface area contributed by atoms with E-state index < -0.39 is 0 Å². The van der Waals surface area contributed by atoms with Gasteiger partial charge in [0.15, 0.2) is 0 Å². The first kappa shape index (κ1) is 16.7.